The second-order valence-electron chi connectivity index (χ2n) is 5.52. The summed E-state index contributed by atoms with van der Waals surface area (Å²) in [6, 6.07) is 15.0. The topological polar surface area (TPSA) is 47.9 Å². The van der Waals surface area contributed by atoms with Crippen molar-refractivity contribution in [3.05, 3.63) is 69.8 Å². The number of aliphatic imine (C=N–C) groups is 1. The summed E-state index contributed by atoms with van der Waals surface area (Å²) in [5.74, 6) is 0.526. The molecule has 0 amide bonds. The third kappa shape index (κ3) is 3.57. The summed E-state index contributed by atoms with van der Waals surface area (Å²) >= 11 is 3.44. The fourth-order valence-corrected chi connectivity index (χ4v) is 2.72. The standard InChI is InChI=1S/C19H16BrNO3/c1-12(2)23-17-10-6-3-7-13(17)11-16-19(22)24-18(21-16)14-8-4-5-9-15(14)20/h3-12H,1-2H3. The number of hydrogen-bond acceptors (Lipinski definition) is 4. The molecule has 1 heterocycles. The maximum absolute atomic E-state index is 12.1. The van der Waals surface area contributed by atoms with Crippen LogP contribution in [0.5, 0.6) is 5.75 Å². The van der Waals surface area contributed by atoms with Gasteiger partial charge in [0.1, 0.15) is 5.75 Å². The molecule has 0 saturated carbocycles. The lowest BCUT2D eigenvalue weighted by atomic mass is 10.1. The first-order valence-corrected chi connectivity index (χ1v) is 8.37. The molecule has 4 nitrogen and oxygen atoms in total. The van der Waals surface area contributed by atoms with Crippen molar-refractivity contribution in [3.63, 3.8) is 0 Å². The van der Waals surface area contributed by atoms with E-state index in [-0.39, 0.29) is 11.8 Å². The molecule has 122 valence electrons. The van der Waals surface area contributed by atoms with Crippen LogP contribution in [0.4, 0.5) is 0 Å². The first-order valence-electron chi connectivity index (χ1n) is 7.58. The number of benzene rings is 2. The van der Waals surface area contributed by atoms with Crippen molar-refractivity contribution in [2.24, 2.45) is 4.99 Å². The Balaban J connectivity index is 1.97. The Kier molecular flexibility index (Phi) is 4.81. The molecule has 0 unspecified atom stereocenters. The van der Waals surface area contributed by atoms with Crippen molar-refractivity contribution in [1.82, 2.24) is 0 Å². The molecule has 2 aromatic rings. The normalized spacial score (nSPS) is 15.6. The summed E-state index contributed by atoms with van der Waals surface area (Å²) in [6.45, 7) is 3.91. The summed E-state index contributed by atoms with van der Waals surface area (Å²) in [7, 11) is 0. The van der Waals surface area contributed by atoms with Crippen LogP contribution in [0, 0.1) is 0 Å². The number of cyclic esters (lactones) is 1. The number of halogens is 1. The van der Waals surface area contributed by atoms with Gasteiger partial charge in [0.05, 0.1) is 11.7 Å². The average molecular weight is 386 g/mol. The number of hydrogen-bond donors (Lipinski definition) is 0. The Morgan fingerprint density at radius 2 is 1.83 bits per heavy atom. The van der Waals surface area contributed by atoms with Crippen LogP contribution in [0.1, 0.15) is 25.0 Å². The third-order valence-corrected chi connectivity index (χ3v) is 3.99. The van der Waals surface area contributed by atoms with Gasteiger partial charge in [-0.15, -0.1) is 0 Å². The minimum absolute atomic E-state index is 0.0411. The predicted octanol–water partition coefficient (Wildman–Crippen LogP) is 4.58. The van der Waals surface area contributed by atoms with Gasteiger partial charge >= 0.3 is 5.97 Å². The molecule has 0 spiro atoms. The molecule has 24 heavy (non-hydrogen) atoms. The fourth-order valence-electron chi connectivity index (χ4n) is 2.27. The smallest absolute Gasteiger partial charge is 0.363 e. The molecule has 0 aromatic heterocycles. The highest BCUT2D eigenvalue weighted by Gasteiger charge is 2.25. The molecule has 0 radical (unpaired) electrons. The quantitative estimate of drug-likeness (QED) is 0.571. The highest BCUT2D eigenvalue weighted by atomic mass is 79.9. The van der Waals surface area contributed by atoms with Gasteiger partial charge in [-0.1, -0.05) is 30.3 Å². The first-order chi connectivity index (χ1) is 11.5. The van der Waals surface area contributed by atoms with E-state index in [0.29, 0.717) is 11.6 Å². The van der Waals surface area contributed by atoms with Crippen LogP contribution in [0.2, 0.25) is 0 Å². The van der Waals surface area contributed by atoms with Gasteiger partial charge in [-0.2, -0.15) is 0 Å². The van der Waals surface area contributed by atoms with Crippen molar-refractivity contribution in [2.75, 3.05) is 0 Å². The number of nitrogens with zero attached hydrogens (tertiary/aromatic N) is 1. The largest absolute Gasteiger partial charge is 0.490 e. The Hall–Kier alpha value is -2.40. The Bertz CT molecular complexity index is 840. The molecule has 0 N–H and O–H groups in total. The molecular weight excluding hydrogens is 370 g/mol. The number of rotatable bonds is 4. The molecule has 0 aliphatic carbocycles. The van der Waals surface area contributed by atoms with Crippen LogP contribution >= 0.6 is 15.9 Å². The van der Waals surface area contributed by atoms with E-state index in [9.17, 15) is 4.79 Å². The second kappa shape index (κ2) is 7.01. The van der Waals surface area contributed by atoms with Gasteiger partial charge in [-0.3, -0.25) is 0 Å². The zero-order chi connectivity index (χ0) is 17.1. The van der Waals surface area contributed by atoms with Gasteiger partial charge in [0.15, 0.2) is 5.70 Å². The Morgan fingerprint density at radius 3 is 2.58 bits per heavy atom. The Morgan fingerprint density at radius 1 is 1.12 bits per heavy atom. The van der Waals surface area contributed by atoms with E-state index in [4.69, 9.17) is 9.47 Å². The van der Waals surface area contributed by atoms with Crippen LogP contribution in [0.15, 0.2) is 63.7 Å². The van der Waals surface area contributed by atoms with Gasteiger partial charge in [0, 0.05) is 10.0 Å². The molecule has 5 heteroatoms. The minimum atomic E-state index is -0.472. The minimum Gasteiger partial charge on any atom is -0.490 e. The van der Waals surface area contributed by atoms with Gasteiger partial charge in [-0.25, -0.2) is 9.79 Å². The number of carbonyl (C=O) groups excluding carboxylic acids is 1. The van der Waals surface area contributed by atoms with E-state index in [1.54, 1.807) is 6.08 Å². The van der Waals surface area contributed by atoms with Crippen molar-refractivity contribution in [3.8, 4) is 5.75 Å². The Labute approximate surface area is 148 Å². The van der Waals surface area contributed by atoms with Crippen LogP contribution in [0.25, 0.3) is 6.08 Å². The van der Waals surface area contributed by atoms with E-state index in [2.05, 4.69) is 20.9 Å². The summed E-state index contributed by atoms with van der Waals surface area (Å²) in [5.41, 5.74) is 1.77. The highest BCUT2D eigenvalue weighted by Crippen LogP contribution is 2.27. The summed E-state index contributed by atoms with van der Waals surface area (Å²) in [5, 5.41) is 0. The van der Waals surface area contributed by atoms with Gasteiger partial charge < -0.3 is 9.47 Å². The van der Waals surface area contributed by atoms with Gasteiger partial charge in [0.2, 0.25) is 5.90 Å². The molecule has 3 rings (SSSR count). The maximum atomic E-state index is 12.1. The molecule has 2 aromatic carbocycles. The van der Waals surface area contributed by atoms with Crippen molar-refractivity contribution in [2.45, 2.75) is 20.0 Å². The number of carbonyl (C=O) groups is 1. The van der Waals surface area contributed by atoms with Gasteiger partial charge in [-0.05, 0) is 54.1 Å². The summed E-state index contributed by atoms with van der Waals surface area (Å²) < 4.78 is 11.9. The third-order valence-electron chi connectivity index (χ3n) is 3.30. The molecule has 0 fully saturated rings. The monoisotopic (exact) mass is 385 g/mol. The zero-order valence-electron chi connectivity index (χ0n) is 13.3. The average Bonchev–Trinajstić information content (AvgIpc) is 2.90. The lowest BCUT2D eigenvalue weighted by molar-refractivity contribution is -0.129. The molecule has 1 aliphatic rings. The van der Waals surface area contributed by atoms with Crippen molar-refractivity contribution in [1.29, 1.82) is 0 Å². The van der Waals surface area contributed by atoms with Gasteiger partial charge in [0.25, 0.3) is 0 Å². The van der Waals surface area contributed by atoms with Crippen LogP contribution in [0.3, 0.4) is 0 Å². The van der Waals surface area contributed by atoms with E-state index >= 15 is 0 Å². The maximum Gasteiger partial charge on any atom is 0.363 e. The summed E-state index contributed by atoms with van der Waals surface area (Å²) in [4.78, 5) is 16.5. The molecule has 1 aliphatic heterocycles. The highest BCUT2D eigenvalue weighted by molar-refractivity contribution is 9.10. The summed E-state index contributed by atoms with van der Waals surface area (Å²) in [6.07, 6.45) is 1.73. The molecule has 0 saturated heterocycles. The fraction of sp³-hybridized carbons (Fsp3) is 0.158. The predicted molar refractivity (Wildman–Crippen MR) is 97.0 cm³/mol. The number of ether oxygens (including phenoxy) is 2. The van der Waals surface area contributed by atoms with E-state index in [0.717, 1.165) is 15.6 Å². The van der Waals surface area contributed by atoms with Crippen molar-refractivity contribution >= 4 is 33.9 Å². The number of para-hydroxylation sites is 1. The lowest BCUT2D eigenvalue weighted by Crippen LogP contribution is -2.07. The van der Waals surface area contributed by atoms with Crippen LogP contribution in [-0.4, -0.2) is 18.0 Å². The SMILES string of the molecule is CC(C)Oc1ccccc1C=C1N=C(c2ccccc2Br)OC1=O. The molecule has 0 bridgehead atoms. The molecular formula is C19H16BrNO3. The van der Waals surface area contributed by atoms with E-state index in [1.807, 2.05) is 62.4 Å². The van der Waals surface area contributed by atoms with Crippen LogP contribution < -0.4 is 4.74 Å². The second-order valence-corrected chi connectivity index (χ2v) is 6.37. The molecule has 0 atom stereocenters. The zero-order valence-corrected chi connectivity index (χ0v) is 14.9. The van der Waals surface area contributed by atoms with Crippen LogP contribution in [-0.2, 0) is 9.53 Å². The first kappa shape index (κ1) is 16.5. The van der Waals surface area contributed by atoms with Crippen molar-refractivity contribution < 1.29 is 14.3 Å². The lowest BCUT2D eigenvalue weighted by Gasteiger charge is -2.12. The van der Waals surface area contributed by atoms with E-state index in [1.165, 1.54) is 0 Å². The number of esters is 1. The van der Waals surface area contributed by atoms with E-state index < -0.39 is 5.97 Å².